The predicted molar refractivity (Wildman–Crippen MR) is 45.9 cm³/mol. The molecule has 2 rings (SSSR count). The van der Waals surface area contributed by atoms with Crippen LogP contribution in [0.1, 0.15) is 5.56 Å². The van der Waals surface area contributed by atoms with Crippen molar-refractivity contribution >= 4 is 22.9 Å². The van der Waals surface area contributed by atoms with E-state index < -0.39 is 0 Å². The molecule has 3 nitrogen and oxygen atoms in total. The molecule has 0 saturated heterocycles. The van der Waals surface area contributed by atoms with E-state index in [0.717, 1.165) is 16.9 Å². The molecule has 0 fully saturated rings. The Morgan fingerprint density at radius 1 is 1.55 bits per heavy atom. The first kappa shape index (κ1) is 6.61. The summed E-state index contributed by atoms with van der Waals surface area (Å²) in [5, 5.41) is 0.603. The van der Waals surface area contributed by atoms with Gasteiger partial charge in [-0.05, 0) is 12.5 Å². The van der Waals surface area contributed by atoms with Gasteiger partial charge >= 0.3 is 0 Å². The summed E-state index contributed by atoms with van der Waals surface area (Å²) in [4.78, 5) is 2.95. The van der Waals surface area contributed by atoms with E-state index in [9.17, 15) is 0 Å². The summed E-state index contributed by atoms with van der Waals surface area (Å²) in [7, 11) is 0. The van der Waals surface area contributed by atoms with Gasteiger partial charge in [-0.25, -0.2) is 0 Å². The number of nitrogens with one attached hydrogen (secondary N) is 1. The first-order valence-electron chi connectivity index (χ1n) is 3.30. The van der Waals surface area contributed by atoms with Gasteiger partial charge in [0.25, 0.3) is 0 Å². The van der Waals surface area contributed by atoms with Gasteiger partial charge in [0.2, 0.25) is 0 Å². The number of aromatic amines is 1. The van der Waals surface area contributed by atoms with Gasteiger partial charge in [0.1, 0.15) is 10.8 Å². The zero-order valence-electron chi connectivity index (χ0n) is 6.06. The number of anilines is 1. The number of nitrogens with two attached hydrogens (primary N) is 1. The van der Waals surface area contributed by atoms with Crippen molar-refractivity contribution in [3.05, 3.63) is 23.1 Å². The van der Waals surface area contributed by atoms with Crippen molar-refractivity contribution in [2.75, 3.05) is 5.73 Å². The zero-order valence-corrected chi connectivity index (χ0v) is 6.81. The Kier molecular flexibility index (Phi) is 1.17. The van der Waals surface area contributed by atoms with Crippen LogP contribution in [0.5, 0.6) is 0 Å². The van der Waals surface area contributed by atoms with Crippen LogP contribution in [-0.2, 0) is 0 Å². The van der Waals surface area contributed by atoms with Gasteiger partial charge in [-0.3, -0.25) is 0 Å². The van der Waals surface area contributed by atoms with E-state index in [1.807, 2.05) is 17.5 Å². The molecule has 2 aromatic heterocycles. The van der Waals surface area contributed by atoms with Gasteiger partial charge in [0.15, 0.2) is 0 Å². The molecule has 2 heterocycles. The van der Waals surface area contributed by atoms with Crippen molar-refractivity contribution < 1.29 is 0 Å². The Morgan fingerprint density at radius 3 is 2.91 bits per heavy atom. The lowest BCUT2D eigenvalue weighted by atomic mass is 10.3. The largest absolute Gasteiger partial charge is 0.396 e. The van der Waals surface area contributed by atoms with Gasteiger partial charge in [-0.15, -0.1) is 0 Å². The number of aryl methyl sites for hydroxylation is 1. The van der Waals surface area contributed by atoms with Crippen LogP contribution in [-0.4, -0.2) is 9.38 Å². The van der Waals surface area contributed by atoms with Gasteiger partial charge in [-0.1, -0.05) is 11.6 Å². The molecule has 2 aromatic rings. The fraction of sp³-hybridized carbons (Fsp3) is 0.143. The first-order valence-corrected chi connectivity index (χ1v) is 3.67. The highest BCUT2D eigenvalue weighted by atomic mass is 35.5. The lowest BCUT2D eigenvalue weighted by Gasteiger charge is -1.86. The molecule has 3 N–H and O–H groups in total. The van der Waals surface area contributed by atoms with E-state index in [1.165, 1.54) is 0 Å². The Bertz CT molecular complexity index is 399. The molecule has 0 radical (unpaired) electrons. The van der Waals surface area contributed by atoms with Crippen molar-refractivity contribution in [3.8, 4) is 0 Å². The number of rotatable bonds is 0. The molecule has 4 heteroatoms. The highest BCUT2D eigenvalue weighted by Gasteiger charge is 2.05. The minimum Gasteiger partial charge on any atom is -0.396 e. The number of hydrogen-bond acceptors (Lipinski definition) is 1. The maximum Gasteiger partial charge on any atom is 0.139 e. The Hall–Kier alpha value is -1.09. The molecule has 0 atom stereocenters. The molecular formula is C7H8ClN3. The fourth-order valence-corrected chi connectivity index (χ4v) is 1.36. The topological polar surface area (TPSA) is 46.2 Å². The molecule has 0 spiro atoms. The molecule has 0 aliphatic heterocycles. The van der Waals surface area contributed by atoms with Crippen LogP contribution in [0.15, 0.2) is 12.4 Å². The third-order valence-electron chi connectivity index (χ3n) is 1.76. The van der Waals surface area contributed by atoms with Crippen LogP contribution in [0.2, 0.25) is 5.15 Å². The molecule has 0 amide bonds. The second-order valence-corrected chi connectivity index (χ2v) is 2.99. The molecule has 11 heavy (non-hydrogen) atoms. The molecule has 0 unspecified atom stereocenters. The molecule has 0 aliphatic rings. The molecule has 58 valence electrons. The third-order valence-corrected chi connectivity index (χ3v) is 1.95. The van der Waals surface area contributed by atoms with E-state index in [0.29, 0.717) is 5.15 Å². The monoisotopic (exact) mass is 169 g/mol. The van der Waals surface area contributed by atoms with E-state index >= 15 is 0 Å². The highest BCUT2D eigenvalue weighted by Crippen LogP contribution is 2.21. The summed E-state index contributed by atoms with van der Waals surface area (Å²) in [5.41, 5.74) is 8.43. The van der Waals surface area contributed by atoms with E-state index in [-0.39, 0.29) is 0 Å². The average Bonchev–Trinajstić information content (AvgIpc) is 2.37. The Morgan fingerprint density at radius 2 is 2.27 bits per heavy atom. The summed E-state index contributed by atoms with van der Waals surface area (Å²) < 4.78 is 1.88. The molecule has 0 aliphatic carbocycles. The lowest BCUT2D eigenvalue weighted by molar-refractivity contribution is 1.22. The van der Waals surface area contributed by atoms with Crippen LogP contribution < -0.4 is 5.73 Å². The Balaban J connectivity index is 2.88. The van der Waals surface area contributed by atoms with E-state index in [4.69, 9.17) is 17.3 Å². The van der Waals surface area contributed by atoms with Crippen LogP contribution in [0, 0.1) is 6.92 Å². The van der Waals surface area contributed by atoms with Crippen molar-refractivity contribution in [2.45, 2.75) is 6.92 Å². The third kappa shape index (κ3) is 0.811. The summed E-state index contributed by atoms with van der Waals surface area (Å²) in [5.74, 6) is 0. The standard InChI is InChI=1S/C7H8ClN3/c1-4-2-11-3-5(8)10-7(11)6(4)9/h2-3,10H,9H2,1H3. The number of H-pyrrole nitrogens is 1. The first-order chi connectivity index (χ1) is 5.18. The van der Waals surface area contributed by atoms with E-state index in [2.05, 4.69) is 4.98 Å². The maximum atomic E-state index is 5.74. The van der Waals surface area contributed by atoms with Crippen LogP contribution in [0.4, 0.5) is 5.69 Å². The zero-order chi connectivity index (χ0) is 8.01. The normalized spacial score (nSPS) is 11.1. The van der Waals surface area contributed by atoms with Crippen LogP contribution >= 0.6 is 11.6 Å². The molecule has 0 saturated carbocycles. The smallest absolute Gasteiger partial charge is 0.139 e. The maximum absolute atomic E-state index is 5.74. The number of nitrogen functional groups attached to an aromatic ring is 1. The minimum atomic E-state index is 0.603. The second kappa shape index (κ2) is 1.95. The van der Waals surface area contributed by atoms with Crippen LogP contribution in [0.25, 0.3) is 5.65 Å². The highest BCUT2D eigenvalue weighted by molar-refractivity contribution is 6.29. The lowest BCUT2D eigenvalue weighted by Crippen LogP contribution is -1.84. The van der Waals surface area contributed by atoms with Crippen molar-refractivity contribution in [1.29, 1.82) is 0 Å². The SMILES string of the molecule is Cc1cn2cc(Cl)[nH]c2c1N. The number of fused-ring (bicyclic) bond motifs is 1. The summed E-state index contributed by atoms with van der Waals surface area (Å²) in [6.45, 7) is 1.96. The quantitative estimate of drug-likeness (QED) is 0.621. The van der Waals surface area contributed by atoms with Crippen molar-refractivity contribution in [2.24, 2.45) is 0 Å². The van der Waals surface area contributed by atoms with Gasteiger partial charge in [-0.2, -0.15) is 0 Å². The van der Waals surface area contributed by atoms with Gasteiger partial charge in [0, 0.05) is 12.4 Å². The molecule has 0 aromatic carbocycles. The Labute approximate surface area is 68.8 Å². The van der Waals surface area contributed by atoms with Crippen molar-refractivity contribution in [3.63, 3.8) is 0 Å². The van der Waals surface area contributed by atoms with E-state index in [1.54, 1.807) is 6.20 Å². The number of hydrogen-bond donors (Lipinski definition) is 2. The van der Waals surface area contributed by atoms with Crippen LogP contribution in [0.3, 0.4) is 0 Å². The number of imidazole rings is 1. The second-order valence-electron chi connectivity index (χ2n) is 2.58. The minimum absolute atomic E-state index is 0.603. The van der Waals surface area contributed by atoms with Gasteiger partial charge < -0.3 is 15.1 Å². The average molecular weight is 170 g/mol. The number of halogens is 1. The predicted octanol–water partition coefficient (Wildman–Crippen LogP) is 1.81. The van der Waals surface area contributed by atoms with Crippen molar-refractivity contribution in [1.82, 2.24) is 9.38 Å². The number of aromatic nitrogens is 2. The summed E-state index contributed by atoms with van der Waals surface area (Å²) in [6.07, 6.45) is 3.73. The number of nitrogens with zero attached hydrogens (tertiary/aromatic N) is 1. The summed E-state index contributed by atoms with van der Waals surface area (Å²) in [6, 6.07) is 0. The summed E-state index contributed by atoms with van der Waals surface area (Å²) >= 11 is 5.72. The van der Waals surface area contributed by atoms with Gasteiger partial charge in [0.05, 0.1) is 5.69 Å². The molecular weight excluding hydrogens is 162 g/mol. The fourth-order valence-electron chi connectivity index (χ4n) is 1.17. The molecule has 0 bridgehead atoms.